The number of hydrogen-bond acceptors (Lipinski definition) is 7. The van der Waals surface area contributed by atoms with E-state index in [1.807, 2.05) is 23.1 Å². The number of para-hydroxylation sites is 1. The lowest BCUT2D eigenvalue weighted by Crippen LogP contribution is -2.47. The summed E-state index contributed by atoms with van der Waals surface area (Å²) in [4.78, 5) is 35.8. The quantitative estimate of drug-likeness (QED) is 0.251. The third kappa shape index (κ3) is 6.73. The predicted octanol–water partition coefficient (Wildman–Crippen LogP) is 4.41. The van der Waals surface area contributed by atoms with Crippen LogP contribution < -0.4 is 19.8 Å². The second-order valence-electron chi connectivity index (χ2n) is 11.5. The van der Waals surface area contributed by atoms with E-state index in [4.69, 9.17) is 0 Å². The molecule has 2 aliphatic rings. The van der Waals surface area contributed by atoms with Crippen LogP contribution in [0, 0.1) is 6.92 Å². The lowest BCUT2D eigenvalue weighted by molar-refractivity contribution is -0.127. The number of likely N-dealkylation sites (tertiary alicyclic amines) is 1. The largest absolute Gasteiger partial charge is 0.368 e. The number of carbonyl (C=O) groups excluding carboxylic acids is 2. The number of nitrogens with zero attached hydrogens (tertiary/aromatic N) is 4. The van der Waals surface area contributed by atoms with Gasteiger partial charge in [0, 0.05) is 75.1 Å². The molecule has 0 aliphatic carbocycles. The normalized spacial score (nSPS) is 15.5. The zero-order valence-electron chi connectivity index (χ0n) is 25.4. The Morgan fingerprint density at radius 1 is 0.889 bits per heavy atom. The molecule has 3 aromatic carbocycles. The lowest BCUT2D eigenvalue weighted by Gasteiger charge is -2.38. The molecule has 6 rings (SSSR count). The van der Waals surface area contributed by atoms with Crippen molar-refractivity contribution in [1.29, 1.82) is 0 Å². The van der Waals surface area contributed by atoms with Gasteiger partial charge in [0.2, 0.25) is 5.91 Å². The minimum atomic E-state index is -4.03. The maximum Gasteiger partial charge on any atom is 0.262 e. The van der Waals surface area contributed by atoms with Gasteiger partial charge in [-0.25, -0.2) is 8.42 Å². The Labute approximate surface area is 264 Å². The fourth-order valence-corrected chi connectivity index (χ4v) is 7.45. The Morgan fingerprint density at radius 3 is 2.42 bits per heavy atom. The maximum atomic E-state index is 13.9. The van der Waals surface area contributed by atoms with E-state index in [0.717, 1.165) is 26.1 Å². The van der Waals surface area contributed by atoms with Crippen molar-refractivity contribution in [1.82, 2.24) is 15.2 Å². The van der Waals surface area contributed by atoms with Gasteiger partial charge < -0.3 is 20.0 Å². The molecule has 2 N–H and O–H groups in total. The molecule has 0 atom stereocenters. The number of amides is 2. The standard InChI is InChI=1S/C34H38N6O4S/c1-25-8-2-3-11-30(25)38-20-22-39(23-21-38)31-15-14-26(34(42)36-17-7-19-40-18-6-13-33(40)41)24-29(31)37-45(43,44)32-12-4-10-28-27(32)9-5-16-35-28/h2-5,8-12,14-16,24,37H,6-7,13,17-23H2,1H3,(H,36,42). The third-order valence-electron chi connectivity index (χ3n) is 8.54. The average molecular weight is 627 g/mol. The summed E-state index contributed by atoms with van der Waals surface area (Å²) in [5.74, 6) is -0.135. The molecule has 2 aliphatic heterocycles. The van der Waals surface area contributed by atoms with Gasteiger partial charge in [0.15, 0.2) is 0 Å². The third-order valence-corrected chi connectivity index (χ3v) is 9.96. The Morgan fingerprint density at radius 2 is 1.67 bits per heavy atom. The highest BCUT2D eigenvalue weighted by Crippen LogP contribution is 2.33. The van der Waals surface area contributed by atoms with Gasteiger partial charge >= 0.3 is 0 Å². The molecule has 2 amide bonds. The highest BCUT2D eigenvalue weighted by Gasteiger charge is 2.25. The summed E-state index contributed by atoms with van der Waals surface area (Å²) in [6.07, 6.45) is 3.75. The second-order valence-corrected chi connectivity index (χ2v) is 13.2. The Hall–Kier alpha value is -4.64. The van der Waals surface area contributed by atoms with E-state index >= 15 is 0 Å². The van der Waals surface area contributed by atoms with Gasteiger partial charge in [-0.3, -0.25) is 19.3 Å². The van der Waals surface area contributed by atoms with Crippen molar-refractivity contribution in [3.05, 3.63) is 90.1 Å². The number of carbonyl (C=O) groups is 2. The molecule has 0 saturated carbocycles. The van der Waals surface area contributed by atoms with Crippen LogP contribution in [0.3, 0.4) is 0 Å². The van der Waals surface area contributed by atoms with Crippen LogP contribution in [0.4, 0.5) is 17.1 Å². The molecule has 45 heavy (non-hydrogen) atoms. The average Bonchev–Trinajstić information content (AvgIpc) is 3.47. The van der Waals surface area contributed by atoms with Crippen molar-refractivity contribution < 1.29 is 18.0 Å². The van der Waals surface area contributed by atoms with Gasteiger partial charge in [-0.2, -0.15) is 0 Å². The van der Waals surface area contributed by atoms with Crippen LogP contribution in [0.2, 0.25) is 0 Å². The van der Waals surface area contributed by atoms with Crippen molar-refractivity contribution in [3.63, 3.8) is 0 Å². The first-order valence-electron chi connectivity index (χ1n) is 15.4. The monoisotopic (exact) mass is 626 g/mol. The molecular weight excluding hydrogens is 588 g/mol. The minimum absolute atomic E-state index is 0.120. The second kappa shape index (κ2) is 13.2. The van der Waals surface area contributed by atoms with E-state index in [0.29, 0.717) is 66.9 Å². The number of sulfonamides is 1. The van der Waals surface area contributed by atoms with Crippen molar-refractivity contribution in [2.24, 2.45) is 0 Å². The Kier molecular flexibility index (Phi) is 8.88. The van der Waals surface area contributed by atoms with Gasteiger partial charge in [0.05, 0.1) is 21.8 Å². The van der Waals surface area contributed by atoms with E-state index in [9.17, 15) is 18.0 Å². The first kappa shape index (κ1) is 30.4. The van der Waals surface area contributed by atoms with E-state index in [1.165, 1.54) is 11.3 Å². The molecule has 2 saturated heterocycles. The first-order chi connectivity index (χ1) is 21.8. The number of hydrogen-bond donors (Lipinski definition) is 2. The molecule has 3 heterocycles. The van der Waals surface area contributed by atoms with Gasteiger partial charge in [-0.05, 0) is 73.9 Å². The smallest absolute Gasteiger partial charge is 0.262 e. The van der Waals surface area contributed by atoms with Crippen molar-refractivity contribution in [2.75, 3.05) is 60.3 Å². The summed E-state index contributed by atoms with van der Waals surface area (Å²) in [6, 6.07) is 21.9. The molecule has 0 bridgehead atoms. The van der Waals surface area contributed by atoms with E-state index in [-0.39, 0.29) is 16.7 Å². The molecule has 234 valence electrons. The zero-order chi connectivity index (χ0) is 31.4. The number of nitrogens with one attached hydrogen (secondary N) is 2. The maximum absolute atomic E-state index is 13.9. The van der Waals surface area contributed by atoms with Crippen LogP contribution in [-0.4, -0.2) is 75.9 Å². The molecule has 0 radical (unpaired) electrons. The van der Waals surface area contributed by atoms with Gasteiger partial charge in [-0.15, -0.1) is 0 Å². The number of benzene rings is 3. The molecule has 10 nitrogen and oxygen atoms in total. The molecule has 0 spiro atoms. The van der Waals surface area contributed by atoms with Gasteiger partial charge in [0.25, 0.3) is 15.9 Å². The Balaban J connectivity index is 1.24. The van der Waals surface area contributed by atoms with Crippen molar-refractivity contribution in [3.8, 4) is 0 Å². The van der Waals surface area contributed by atoms with Gasteiger partial charge in [0.1, 0.15) is 0 Å². The topological polar surface area (TPSA) is 115 Å². The summed E-state index contributed by atoms with van der Waals surface area (Å²) in [5, 5.41) is 3.45. The molecule has 11 heteroatoms. The number of anilines is 3. The molecule has 2 fully saturated rings. The number of pyridine rings is 1. The Bertz CT molecular complexity index is 1820. The summed E-state index contributed by atoms with van der Waals surface area (Å²) in [6.45, 7) is 6.80. The highest BCUT2D eigenvalue weighted by molar-refractivity contribution is 7.93. The summed E-state index contributed by atoms with van der Waals surface area (Å²) < 4.78 is 30.6. The van der Waals surface area contributed by atoms with Crippen LogP contribution in [0.5, 0.6) is 0 Å². The first-order valence-corrected chi connectivity index (χ1v) is 16.9. The van der Waals surface area contributed by atoms with E-state index < -0.39 is 10.0 Å². The predicted molar refractivity (Wildman–Crippen MR) is 177 cm³/mol. The molecule has 0 unspecified atom stereocenters. The van der Waals surface area contributed by atoms with Crippen LogP contribution in [-0.2, 0) is 14.8 Å². The number of aryl methyl sites for hydroxylation is 1. The van der Waals surface area contributed by atoms with E-state index in [2.05, 4.69) is 43.9 Å². The molecular formula is C34H38N6O4S. The number of piperazine rings is 1. The lowest BCUT2D eigenvalue weighted by atomic mass is 10.1. The highest BCUT2D eigenvalue weighted by atomic mass is 32.2. The minimum Gasteiger partial charge on any atom is -0.368 e. The summed E-state index contributed by atoms with van der Waals surface area (Å²) >= 11 is 0. The van der Waals surface area contributed by atoms with Crippen molar-refractivity contribution in [2.45, 2.75) is 31.1 Å². The zero-order valence-corrected chi connectivity index (χ0v) is 26.2. The molecule has 1 aromatic heterocycles. The van der Waals surface area contributed by atoms with Crippen molar-refractivity contribution >= 4 is 49.8 Å². The number of fused-ring (bicyclic) bond motifs is 1. The SMILES string of the molecule is Cc1ccccc1N1CCN(c2ccc(C(=O)NCCCN3CCCC3=O)cc2NS(=O)(=O)c2cccc3ncccc23)CC1. The molecule has 4 aromatic rings. The summed E-state index contributed by atoms with van der Waals surface area (Å²) in [7, 11) is -4.03. The fourth-order valence-electron chi connectivity index (χ4n) is 6.16. The number of aromatic nitrogens is 1. The summed E-state index contributed by atoms with van der Waals surface area (Å²) in [5.41, 5.74) is 4.40. The van der Waals surface area contributed by atoms with Crippen LogP contribution in [0.15, 0.2) is 83.9 Å². The van der Waals surface area contributed by atoms with Crippen LogP contribution in [0.1, 0.15) is 35.2 Å². The van der Waals surface area contributed by atoms with Crippen LogP contribution in [0.25, 0.3) is 10.9 Å². The number of rotatable bonds is 10. The van der Waals surface area contributed by atoms with Gasteiger partial charge in [-0.1, -0.05) is 24.3 Å². The fraction of sp³-hybridized carbons (Fsp3) is 0.324. The van der Waals surface area contributed by atoms with Crippen LogP contribution >= 0.6 is 0 Å². The van der Waals surface area contributed by atoms with E-state index in [1.54, 1.807) is 48.7 Å².